The monoisotopic (exact) mass is 503 g/mol. The average molecular weight is 503 g/mol. The van der Waals surface area contributed by atoms with Gasteiger partial charge in [0, 0.05) is 35.8 Å². The number of carbonyl (C=O) groups excluding carboxylic acids is 3. The Bertz CT molecular complexity index is 1380. The number of likely N-dealkylation sites (tertiary alicyclic amines) is 1. The molecular weight excluding hydrogens is 482 g/mol. The van der Waals surface area contributed by atoms with Gasteiger partial charge in [-0.05, 0) is 49.4 Å². The maximum Gasteiger partial charge on any atom is 0.573 e. The normalized spacial score (nSPS) is 20.9. The Kier molecular flexibility index (Phi) is 5.80. The fourth-order valence-electron chi connectivity index (χ4n) is 5.06. The molecule has 2 aromatic heterocycles. The van der Waals surface area contributed by atoms with Gasteiger partial charge in [-0.1, -0.05) is 12.1 Å². The van der Waals surface area contributed by atoms with Gasteiger partial charge in [-0.25, -0.2) is 9.37 Å². The lowest BCUT2D eigenvalue weighted by Gasteiger charge is -2.27. The number of ketones is 2. The Balaban J connectivity index is 1.35. The van der Waals surface area contributed by atoms with Crippen molar-refractivity contribution in [3.05, 3.63) is 59.7 Å². The Morgan fingerprint density at radius 2 is 1.92 bits per heavy atom. The van der Waals surface area contributed by atoms with Gasteiger partial charge in [0.1, 0.15) is 12.2 Å². The minimum absolute atomic E-state index is 0.113. The summed E-state index contributed by atoms with van der Waals surface area (Å²) in [6.07, 6.45) is -1.26. The number of pyridine rings is 1. The van der Waals surface area contributed by atoms with E-state index in [1.54, 1.807) is 29.1 Å². The summed E-state index contributed by atoms with van der Waals surface area (Å²) in [6, 6.07) is 5.75. The van der Waals surface area contributed by atoms with Crippen LogP contribution in [0.25, 0.3) is 11.0 Å². The van der Waals surface area contributed by atoms with E-state index in [1.807, 2.05) is 0 Å². The number of ether oxygens (including phenoxy) is 1. The van der Waals surface area contributed by atoms with Crippen LogP contribution in [-0.2, 0) is 22.6 Å². The van der Waals surface area contributed by atoms with Crippen LogP contribution in [0, 0.1) is 11.7 Å². The number of nitrogens with zero attached hydrogens (tertiary/aromatic N) is 3. The molecule has 2 fully saturated rings. The maximum absolute atomic E-state index is 14.6. The highest BCUT2D eigenvalue weighted by Crippen LogP contribution is 2.48. The number of halogens is 4. The van der Waals surface area contributed by atoms with Gasteiger partial charge in [-0.2, -0.15) is 0 Å². The highest BCUT2D eigenvalue weighted by molar-refractivity contribution is 6.06. The molecule has 2 aliphatic rings. The van der Waals surface area contributed by atoms with Crippen molar-refractivity contribution >= 4 is 28.5 Å². The molecule has 1 aromatic carbocycles. The van der Waals surface area contributed by atoms with Crippen LogP contribution in [0.1, 0.15) is 35.7 Å². The van der Waals surface area contributed by atoms with Gasteiger partial charge in [-0.3, -0.25) is 14.4 Å². The standard InChI is InChI=1S/C25H21F4N3O4/c1-13(33)17-11-31(24-16(17)5-3-7-30-24)12-22(35)32-18-8-15(18)9-19(32)20(34)10-14-4-2-6-21(23(14)26)36-25(27,28)29/h2-7,11,15,18-19H,8-10,12H2,1H3/t15-,18-,19+/m1/s1. The van der Waals surface area contributed by atoms with E-state index < -0.39 is 36.2 Å². The molecule has 0 unspecified atom stereocenters. The summed E-state index contributed by atoms with van der Waals surface area (Å²) in [5, 5.41) is 0.618. The lowest BCUT2D eigenvalue weighted by atomic mass is 9.99. The van der Waals surface area contributed by atoms with Crippen LogP contribution in [0.5, 0.6) is 5.75 Å². The highest BCUT2D eigenvalue weighted by atomic mass is 19.4. The third-order valence-electron chi connectivity index (χ3n) is 6.72. The summed E-state index contributed by atoms with van der Waals surface area (Å²) in [5.74, 6) is -3.09. The summed E-state index contributed by atoms with van der Waals surface area (Å²) in [5.41, 5.74) is 0.663. The van der Waals surface area contributed by atoms with E-state index in [0.717, 1.165) is 12.5 Å². The lowest BCUT2D eigenvalue weighted by Crippen LogP contribution is -2.45. The number of alkyl halides is 3. The molecule has 188 valence electrons. The first-order valence-corrected chi connectivity index (χ1v) is 11.4. The Labute approximate surface area is 202 Å². The number of hydrogen-bond acceptors (Lipinski definition) is 5. The number of aromatic nitrogens is 2. The minimum atomic E-state index is -5.07. The molecule has 3 aromatic rings. The molecule has 1 saturated heterocycles. The van der Waals surface area contributed by atoms with E-state index in [9.17, 15) is 31.9 Å². The highest BCUT2D eigenvalue weighted by Gasteiger charge is 2.55. The predicted octanol–water partition coefficient (Wildman–Crippen LogP) is 4.08. The first-order valence-electron chi connectivity index (χ1n) is 11.4. The number of fused-ring (bicyclic) bond motifs is 2. The summed E-state index contributed by atoms with van der Waals surface area (Å²) >= 11 is 0. The fraction of sp³-hybridized carbons (Fsp3) is 0.360. The zero-order valence-electron chi connectivity index (χ0n) is 19.1. The first-order chi connectivity index (χ1) is 17.0. The second-order valence-electron chi connectivity index (χ2n) is 9.14. The number of hydrogen-bond donors (Lipinski definition) is 0. The van der Waals surface area contributed by atoms with Crippen LogP contribution in [0.15, 0.2) is 42.7 Å². The molecule has 7 nitrogen and oxygen atoms in total. The van der Waals surface area contributed by atoms with Gasteiger partial charge in [0.2, 0.25) is 5.91 Å². The summed E-state index contributed by atoms with van der Waals surface area (Å²) in [6.45, 7) is 1.28. The minimum Gasteiger partial charge on any atom is -0.403 e. The van der Waals surface area contributed by atoms with Gasteiger partial charge < -0.3 is 14.2 Å². The predicted molar refractivity (Wildman–Crippen MR) is 119 cm³/mol. The number of rotatable bonds is 7. The third-order valence-corrected chi connectivity index (χ3v) is 6.72. The van der Waals surface area contributed by atoms with E-state index in [1.165, 1.54) is 24.0 Å². The summed E-state index contributed by atoms with van der Waals surface area (Å²) in [4.78, 5) is 44.3. The molecule has 3 atom stereocenters. The van der Waals surface area contributed by atoms with Crippen molar-refractivity contribution in [1.29, 1.82) is 0 Å². The van der Waals surface area contributed by atoms with Crippen LogP contribution in [0.3, 0.4) is 0 Å². The van der Waals surface area contributed by atoms with Crippen LogP contribution in [0.2, 0.25) is 0 Å². The molecule has 5 rings (SSSR count). The smallest absolute Gasteiger partial charge is 0.403 e. The quantitative estimate of drug-likeness (QED) is 0.359. The van der Waals surface area contributed by atoms with Crippen molar-refractivity contribution in [3.63, 3.8) is 0 Å². The van der Waals surface area contributed by atoms with Gasteiger partial charge >= 0.3 is 6.36 Å². The molecule has 3 heterocycles. The van der Waals surface area contributed by atoms with Crippen molar-refractivity contribution in [2.45, 2.75) is 51.2 Å². The number of carbonyl (C=O) groups is 3. The van der Waals surface area contributed by atoms with Crippen LogP contribution in [-0.4, -0.2) is 50.4 Å². The fourth-order valence-corrected chi connectivity index (χ4v) is 5.06. The zero-order chi connectivity index (χ0) is 25.8. The second-order valence-corrected chi connectivity index (χ2v) is 9.14. The molecule has 0 N–H and O–H groups in total. The van der Waals surface area contributed by atoms with Crippen LogP contribution in [0.4, 0.5) is 17.6 Å². The van der Waals surface area contributed by atoms with Gasteiger partial charge in [0.25, 0.3) is 0 Å². The van der Waals surface area contributed by atoms with Gasteiger partial charge in [0.15, 0.2) is 23.1 Å². The zero-order valence-corrected chi connectivity index (χ0v) is 19.1. The first kappa shape index (κ1) is 24.0. The van der Waals surface area contributed by atoms with E-state index in [4.69, 9.17) is 0 Å². The molecule has 0 bridgehead atoms. The topological polar surface area (TPSA) is 81.5 Å². The number of benzene rings is 1. The van der Waals surface area contributed by atoms with E-state index in [-0.39, 0.29) is 35.8 Å². The van der Waals surface area contributed by atoms with E-state index in [2.05, 4.69) is 9.72 Å². The lowest BCUT2D eigenvalue weighted by molar-refractivity contribution is -0.275. The SMILES string of the molecule is CC(=O)c1cn(CC(=O)N2[C@@H]3C[C@@H]3C[C@H]2C(=O)Cc2cccc(OC(F)(F)F)c2F)c2ncccc12. The Hall–Kier alpha value is -3.76. The van der Waals surface area contributed by atoms with E-state index in [0.29, 0.717) is 23.0 Å². The van der Waals surface area contributed by atoms with Crippen molar-refractivity contribution in [2.24, 2.45) is 5.92 Å². The van der Waals surface area contributed by atoms with Crippen LogP contribution < -0.4 is 4.74 Å². The number of amides is 1. The van der Waals surface area contributed by atoms with Crippen molar-refractivity contribution in [1.82, 2.24) is 14.5 Å². The molecule has 1 aliphatic heterocycles. The van der Waals surface area contributed by atoms with Gasteiger partial charge in [-0.15, -0.1) is 13.2 Å². The third kappa shape index (κ3) is 4.45. The van der Waals surface area contributed by atoms with Crippen molar-refractivity contribution in [2.75, 3.05) is 0 Å². The molecule has 36 heavy (non-hydrogen) atoms. The number of Topliss-reactive ketones (excluding diaryl/α,β-unsaturated/α-hetero) is 2. The molecule has 11 heteroatoms. The average Bonchev–Trinajstić information content (AvgIpc) is 3.31. The molecule has 1 amide bonds. The van der Waals surface area contributed by atoms with Crippen molar-refractivity contribution in [3.8, 4) is 5.75 Å². The van der Waals surface area contributed by atoms with E-state index >= 15 is 0 Å². The van der Waals surface area contributed by atoms with Crippen molar-refractivity contribution < 1.29 is 36.7 Å². The Morgan fingerprint density at radius 3 is 2.64 bits per heavy atom. The molecule has 1 saturated carbocycles. The Morgan fingerprint density at radius 1 is 1.14 bits per heavy atom. The molecule has 1 aliphatic carbocycles. The second kappa shape index (κ2) is 8.72. The maximum atomic E-state index is 14.6. The summed E-state index contributed by atoms with van der Waals surface area (Å²) in [7, 11) is 0. The largest absolute Gasteiger partial charge is 0.573 e. The molecule has 0 radical (unpaired) electrons. The van der Waals surface area contributed by atoms with Crippen LogP contribution >= 0.6 is 0 Å². The summed E-state index contributed by atoms with van der Waals surface area (Å²) < 4.78 is 57.5. The molecular formula is C25H21F4N3O4. The molecule has 0 spiro atoms. The van der Waals surface area contributed by atoms with Gasteiger partial charge in [0.05, 0.1) is 6.04 Å². The number of piperidine rings is 1.